The van der Waals surface area contributed by atoms with Gasteiger partial charge in [-0.3, -0.25) is 0 Å². The van der Waals surface area contributed by atoms with Crippen molar-refractivity contribution in [1.29, 1.82) is 0 Å². The van der Waals surface area contributed by atoms with Crippen LogP contribution in [0.5, 0.6) is 0 Å². The zero-order chi connectivity index (χ0) is 14.6. The molecule has 1 aliphatic carbocycles. The second-order valence-electron chi connectivity index (χ2n) is 5.95. The molecule has 3 aliphatic rings. The van der Waals surface area contributed by atoms with Crippen molar-refractivity contribution in [3.63, 3.8) is 0 Å². The van der Waals surface area contributed by atoms with Crippen molar-refractivity contribution < 1.29 is 24.5 Å². The average Bonchev–Trinajstić information content (AvgIpc) is 3.19. The fourth-order valence-corrected chi connectivity index (χ4v) is 3.68. The Balaban J connectivity index is 1.74. The van der Waals surface area contributed by atoms with Crippen LogP contribution < -0.4 is 0 Å². The molecule has 21 heavy (non-hydrogen) atoms. The molecule has 2 N–H and O–H groups in total. The summed E-state index contributed by atoms with van der Waals surface area (Å²) in [6.45, 7) is -0.00836. The predicted molar refractivity (Wildman–Crippen MR) is 67.1 cm³/mol. The van der Waals surface area contributed by atoms with Crippen LogP contribution in [0.25, 0.3) is 0 Å². The van der Waals surface area contributed by atoms with Crippen LogP contribution in [-0.4, -0.2) is 56.3 Å². The second-order valence-corrected chi connectivity index (χ2v) is 5.95. The third-order valence-electron chi connectivity index (χ3n) is 4.87. The molecular weight excluding hydrogens is 278 g/mol. The second kappa shape index (κ2) is 4.49. The molecule has 1 saturated carbocycles. The van der Waals surface area contributed by atoms with Gasteiger partial charge in [0.1, 0.15) is 18.8 Å². The number of aliphatic hydroxyl groups excluding tert-OH is 2. The molecule has 1 aromatic rings. The lowest BCUT2D eigenvalue weighted by atomic mass is 9.90. The topological polar surface area (TPSA) is 107 Å². The highest BCUT2D eigenvalue weighted by atomic mass is 16.7. The molecule has 114 valence electrons. The Kier molecular flexibility index (Phi) is 2.82. The first-order chi connectivity index (χ1) is 10.1. The molecule has 1 aromatic heterocycles. The molecule has 8 nitrogen and oxygen atoms in total. The number of nitrogens with zero attached hydrogens (tertiary/aromatic N) is 3. The highest BCUT2D eigenvalue weighted by Crippen LogP contribution is 2.42. The molecule has 8 heteroatoms. The lowest BCUT2D eigenvalue weighted by Crippen LogP contribution is -2.53. The van der Waals surface area contributed by atoms with E-state index in [0.717, 1.165) is 31.4 Å². The number of hydrogen-bond donors (Lipinski definition) is 2. The number of rotatable bonds is 2. The van der Waals surface area contributed by atoms with Gasteiger partial charge in [-0.1, -0.05) is 18.1 Å². The van der Waals surface area contributed by atoms with Crippen molar-refractivity contribution in [3.8, 4) is 0 Å². The molecule has 3 heterocycles. The van der Waals surface area contributed by atoms with Crippen LogP contribution in [0.2, 0.25) is 0 Å². The van der Waals surface area contributed by atoms with Crippen LogP contribution in [0.1, 0.15) is 37.3 Å². The smallest absolute Gasteiger partial charge is 0.340 e. The van der Waals surface area contributed by atoms with Gasteiger partial charge in [-0.25, -0.2) is 9.48 Å². The summed E-state index contributed by atoms with van der Waals surface area (Å²) >= 11 is 0. The van der Waals surface area contributed by atoms with Crippen LogP contribution in [-0.2, 0) is 19.8 Å². The summed E-state index contributed by atoms with van der Waals surface area (Å²) in [5.41, 5.74) is -0.711. The van der Waals surface area contributed by atoms with Crippen LogP contribution in [0.15, 0.2) is 6.20 Å². The third-order valence-corrected chi connectivity index (χ3v) is 4.87. The minimum Gasteiger partial charge on any atom is -0.461 e. The van der Waals surface area contributed by atoms with E-state index in [9.17, 15) is 15.0 Å². The van der Waals surface area contributed by atoms with Crippen molar-refractivity contribution in [2.45, 2.75) is 55.6 Å². The minimum absolute atomic E-state index is 0.00836. The molecule has 0 spiro atoms. The maximum Gasteiger partial charge on any atom is 0.340 e. The molecule has 3 fully saturated rings. The summed E-state index contributed by atoms with van der Waals surface area (Å²) in [7, 11) is 0. The quantitative estimate of drug-likeness (QED) is 0.692. The van der Waals surface area contributed by atoms with Crippen LogP contribution in [0.3, 0.4) is 0 Å². The van der Waals surface area contributed by atoms with Gasteiger partial charge >= 0.3 is 5.97 Å². The van der Waals surface area contributed by atoms with E-state index in [1.54, 1.807) is 6.20 Å². The van der Waals surface area contributed by atoms with Gasteiger partial charge in [-0.15, -0.1) is 5.10 Å². The molecule has 1 unspecified atom stereocenters. The van der Waals surface area contributed by atoms with E-state index in [4.69, 9.17) is 9.47 Å². The fraction of sp³-hybridized carbons (Fsp3) is 0.769. The van der Waals surface area contributed by atoms with Gasteiger partial charge in [-0.2, -0.15) is 0 Å². The maximum absolute atomic E-state index is 12.2. The zero-order valence-electron chi connectivity index (χ0n) is 11.4. The molecule has 4 atom stereocenters. The number of esters is 1. The number of hydrogen-bond acceptors (Lipinski definition) is 7. The number of cyclic esters (lactones) is 1. The lowest BCUT2D eigenvalue weighted by molar-refractivity contribution is -0.161. The van der Waals surface area contributed by atoms with Crippen LogP contribution in [0.4, 0.5) is 0 Å². The first-order valence-corrected chi connectivity index (χ1v) is 7.25. The summed E-state index contributed by atoms with van der Waals surface area (Å²) in [6, 6.07) is 0. The van der Waals surface area contributed by atoms with E-state index in [1.807, 2.05) is 0 Å². The third kappa shape index (κ3) is 1.63. The molecule has 4 rings (SSSR count). The maximum atomic E-state index is 12.2. The van der Waals surface area contributed by atoms with E-state index < -0.39 is 30.0 Å². The minimum atomic E-state index is -1.52. The van der Waals surface area contributed by atoms with E-state index in [1.165, 1.54) is 4.68 Å². The number of fused-ring (bicyclic) bond motifs is 1. The fourth-order valence-electron chi connectivity index (χ4n) is 3.68. The monoisotopic (exact) mass is 295 g/mol. The van der Waals surface area contributed by atoms with Gasteiger partial charge in [0.05, 0.1) is 11.9 Å². The first kappa shape index (κ1) is 13.2. The molecular formula is C13H17N3O5. The number of carbonyl (C=O) groups excluding carboxylic acids is 1. The average molecular weight is 295 g/mol. The number of aliphatic hydroxyl groups is 2. The van der Waals surface area contributed by atoms with Crippen molar-refractivity contribution in [1.82, 2.24) is 15.0 Å². The van der Waals surface area contributed by atoms with Gasteiger partial charge < -0.3 is 19.7 Å². The predicted octanol–water partition coefficient (Wildman–Crippen LogP) is -0.734. The van der Waals surface area contributed by atoms with Gasteiger partial charge in [0.15, 0.2) is 6.29 Å². The van der Waals surface area contributed by atoms with E-state index >= 15 is 0 Å². The molecule has 2 aliphatic heterocycles. The van der Waals surface area contributed by atoms with E-state index in [2.05, 4.69) is 10.3 Å². The molecule has 0 amide bonds. The Morgan fingerprint density at radius 3 is 2.86 bits per heavy atom. The Hall–Kier alpha value is -1.51. The lowest BCUT2D eigenvalue weighted by Gasteiger charge is -2.25. The van der Waals surface area contributed by atoms with Crippen LogP contribution >= 0.6 is 0 Å². The summed E-state index contributed by atoms with van der Waals surface area (Å²) < 4.78 is 11.6. The Morgan fingerprint density at radius 1 is 1.33 bits per heavy atom. The zero-order valence-corrected chi connectivity index (χ0v) is 11.4. The van der Waals surface area contributed by atoms with Crippen LogP contribution in [0, 0.1) is 0 Å². The SMILES string of the molecule is O=C1OC[C@H]2OC(O)[C@@H](O)[C@@]12n1cc(C2CCCC2)nn1. The van der Waals surface area contributed by atoms with Crippen molar-refractivity contribution in [2.75, 3.05) is 6.61 Å². The molecule has 0 radical (unpaired) electrons. The summed E-state index contributed by atoms with van der Waals surface area (Å²) in [5, 5.41) is 28.2. The van der Waals surface area contributed by atoms with E-state index in [-0.39, 0.29) is 6.61 Å². The normalized spacial score (nSPS) is 39.7. The highest BCUT2D eigenvalue weighted by Gasteiger charge is 2.68. The van der Waals surface area contributed by atoms with Crippen molar-refractivity contribution >= 4 is 5.97 Å². The Morgan fingerprint density at radius 2 is 2.10 bits per heavy atom. The summed E-state index contributed by atoms with van der Waals surface area (Å²) in [4.78, 5) is 12.2. The van der Waals surface area contributed by atoms with Gasteiger partial charge in [0.2, 0.25) is 5.54 Å². The van der Waals surface area contributed by atoms with Crippen molar-refractivity contribution in [2.24, 2.45) is 0 Å². The number of aromatic nitrogens is 3. The summed E-state index contributed by atoms with van der Waals surface area (Å²) in [6.07, 6.45) is 2.52. The number of carbonyl (C=O) groups is 1. The largest absolute Gasteiger partial charge is 0.461 e. The Labute approximate surface area is 120 Å². The molecule has 0 aromatic carbocycles. The van der Waals surface area contributed by atoms with E-state index in [0.29, 0.717) is 5.92 Å². The standard InChI is InChI=1S/C13H17N3O5/c17-10-11(18)21-9-6-20-12(19)13(9,10)16-5-8(14-15-16)7-3-1-2-4-7/h5,7,9-11,17-18H,1-4,6H2/t9-,10-,11?,13-/m1/s1. The van der Waals surface area contributed by atoms with Gasteiger partial charge in [0.25, 0.3) is 0 Å². The van der Waals surface area contributed by atoms with Gasteiger partial charge in [-0.05, 0) is 12.8 Å². The molecule has 0 bridgehead atoms. The molecule has 2 saturated heterocycles. The van der Waals surface area contributed by atoms with Gasteiger partial charge in [0, 0.05) is 5.92 Å². The highest BCUT2D eigenvalue weighted by molar-refractivity contribution is 5.83. The Bertz CT molecular complexity index is 566. The van der Waals surface area contributed by atoms with Crippen molar-refractivity contribution in [3.05, 3.63) is 11.9 Å². The first-order valence-electron chi connectivity index (χ1n) is 7.25. The summed E-state index contributed by atoms with van der Waals surface area (Å²) in [5.74, 6) is -0.296. The number of ether oxygens (including phenoxy) is 2.